The largest absolute Gasteiger partial charge is 0.346 e. The Morgan fingerprint density at radius 1 is 1.13 bits per heavy atom. The van der Waals surface area contributed by atoms with Crippen LogP contribution in [0.1, 0.15) is 18.9 Å². The lowest BCUT2D eigenvalue weighted by molar-refractivity contribution is 0.399. The molecule has 3 aromatic heterocycles. The van der Waals surface area contributed by atoms with Crippen LogP contribution in [-0.2, 0) is 16.6 Å². The van der Waals surface area contributed by atoms with Gasteiger partial charge < -0.3 is 4.57 Å². The Bertz CT molecular complexity index is 1310. The fourth-order valence-electron chi connectivity index (χ4n) is 4.48. The molecule has 4 aromatic rings. The molecular weight excluding hydrogens is 410 g/mol. The number of rotatable bonds is 5. The van der Waals surface area contributed by atoms with Gasteiger partial charge in [0, 0.05) is 37.1 Å². The van der Waals surface area contributed by atoms with E-state index in [0.29, 0.717) is 11.4 Å². The Hall–Kier alpha value is -2.97. The number of hydrogen-bond donors (Lipinski definition) is 1. The number of sulfonamides is 1. The third-order valence-electron chi connectivity index (χ3n) is 6.10. The van der Waals surface area contributed by atoms with Gasteiger partial charge in [0.2, 0.25) is 10.0 Å². The monoisotopic (exact) mass is 435 g/mol. The van der Waals surface area contributed by atoms with Crippen LogP contribution in [-0.4, -0.2) is 45.1 Å². The number of nitrogens with zero attached hydrogens (tertiary/aromatic N) is 4. The van der Waals surface area contributed by atoms with Crippen LogP contribution in [0.3, 0.4) is 0 Å². The van der Waals surface area contributed by atoms with Crippen molar-refractivity contribution in [3.05, 3.63) is 66.6 Å². The molecule has 160 valence electrons. The third kappa shape index (κ3) is 3.66. The second-order valence-corrected chi connectivity index (χ2v) is 10.3. The maximum atomic E-state index is 13.2. The van der Waals surface area contributed by atoms with Gasteiger partial charge in [-0.15, -0.1) is 0 Å². The van der Waals surface area contributed by atoms with Crippen molar-refractivity contribution in [2.75, 3.05) is 6.54 Å². The molecule has 1 N–H and O–H groups in total. The SMILES string of the molecule is Cc1ccc(S(=O)(=O)N2CC(Cn3ccc4nc(-c5cn[nH]c5)ccc43)C[C@@H]2C)cc1. The molecule has 1 aromatic carbocycles. The first-order chi connectivity index (χ1) is 14.9. The lowest BCUT2D eigenvalue weighted by Crippen LogP contribution is -2.34. The number of fused-ring (bicyclic) bond motifs is 1. The summed E-state index contributed by atoms with van der Waals surface area (Å²) in [6.45, 7) is 5.25. The van der Waals surface area contributed by atoms with E-state index < -0.39 is 10.0 Å². The molecule has 4 heterocycles. The first-order valence-corrected chi connectivity index (χ1v) is 11.9. The number of nitrogens with one attached hydrogen (secondary N) is 1. The molecule has 1 unspecified atom stereocenters. The van der Waals surface area contributed by atoms with Crippen LogP contribution in [0.5, 0.6) is 0 Å². The normalized spacial score (nSPS) is 19.9. The molecule has 0 aliphatic carbocycles. The summed E-state index contributed by atoms with van der Waals surface area (Å²) < 4.78 is 30.2. The summed E-state index contributed by atoms with van der Waals surface area (Å²) in [5.74, 6) is 0.249. The van der Waals surface area contributed by atoms with Crippen molar-refractivity contribution >= 4 is 21.1 Å². The first kappa shape index (κ1) is 20.0. The molecule has 0 spiro atoms. The highest BCUT2D eigenvalue weighted by molar-refractivity contribution is 7.89. The van der Waals surface area contributed by atoms with Gasteiger partial charge in [-0.2, -0.15) is 9.40 Å². The molecule has 0 bridgehead atoms. The Morgan fingerprint density at radius 2 is 1.94 bits per heavy atom. The fourth-order valence-corrected chi connectivity index (χ4v) is 6.20. The quantitative estimate of drug-likeness (QED) is 0.516. The predicted molar refractivity (Wildman–Crippen MR) is 120 cm³/mol. The maximum Gasteiger partial charge on any atom is 0.243 e. The molecule has 1 aliphatic heterocycles. The van der Waals surface area contributed by atoms with Crippen molar-refractivity contribution in [2.45, 2.75) is 37.8 Å². The van der Waals surface area contributed by atoms with E-state index in [4.69, 9.17) is 4.98 Å². The zero-order chi connectivity index (χ0) is 21.6. The minimum Gasteiger partial charge on any atom is -0.346 e. The smallest absolute Gasteiger partial charge is 0.243 e. The summed E-state index contributed by atoms with van der Waals surface area (Å²) in [5.41, 5.74) is 4.86. The van der Waals surface area contributed by atoms with Crippen LogP contribution >= 0.6 is 0 Å². The summed E-state index contributed by atoms with van der Waals surface area (Å²) in [7, 11) is -3.49. The Labute approximate surface area is 181 Å². The molecule has 0 amide bonds. The van der Waals surface area contributed by atoms with E-state index in [1.807, 2.05) is 50.5 Å². The minimum absolute atomic E-state index is 0.0241. The van der Waals surface area contributed by atoms with E-state index in [1.165, 1.54) is 0 Å². The molecule has 31 heavy (non-hydrogen) atoms. The zero-order valence-electron chi connectivity index (χ0n) is 17.6. The van der Waals surface area contributed by atoms with Crippen molar-refractivity contribution in [3.63, 3.8) is 0 Å². The topological polar surface area (TPSA) is 83.9 Å². The number of aromatic amines is 1. The van der Waals surface area contributed by atoms with E-state index in [-0.39, 0.29) is 12.0 Å². The first-order valence-electron chi connectivity index (χ1n) is 10.5. The average Bonchev–Trinajstić information content (AvgIpc) is 3.49. The highest BCUT2D eigenvalue weighted by Crippen LogP contribution is 2.31. The van der Waals surface area contributed by atoms with Crippen molar-refractivity contribution in [2.24, 2.45) is 5.92 Å². The zero-order valence-corrected chi connectivity index (χ0v) is 18.4. The van der Waals surface area contributed by atoms with E-state index >= 15 is 0 Å². The van der Waals surface area contributed by atoms with Crippen LogP contribution in [0.4, 0.5) is 0 Å². The van der Waals surface area contributed by atoms with Gasteiger partial charge in [-0.25, -0.2) is 13.4 Å². The molecule has 1 aliphatic rings. The van der Waals surface area contributed by atoms with Crippen molar-refractivity contribution in [3.8, 4) is 11.3 Å². The van der Waals surface area contributed by atoms with Gasteiger partial charge >= 0.3 is 0 Å². The van der Waals surface area contributed by atoms with Crippen LogP contribution in [0, 0.1) is 12.8 Å². The summed E-state index contributed by atoms with van der Waals surface area (Å²) in [5, 5.41) is 6.80. The molecule has 8 heteroatoms. The van der Waals surface area contributed by atoms with Crippen LogP contribution in [0.25, 0.3) is 22.3 Å². The summed E-state index contributed by atoms with van der Waals surface area (Å²) in [4.78, 5) is 5.11. The lowest BCUT2D eigenvalue weighted by atomic mass is 10.1. The number of aromatic nitrogens is 4. The molecule has 1 saturated heterocycles. The average molecular weight is 436 g/mol. The van der Waals surface area contributed by atoms with Crippen molar-refractivity contribution < 1.29 is 8.42 Å². The van der Waals surface area contributed by atoms with Gasteiger partial charge in [0.15, 0.2) is 0 Å². The molecule has 2 atom stereocenters. The maximum absolute atomic E-state index is 13.2. The predicted octanol–water partition coefficient (Wildman–Crippen LogP) is 3.83. The highest BCUT2D eigenvalue weighted by atomic mass is 32.2. The summed E-state index contributed by atoms with van der Waals surface area (Å²) >= 11 is 0. The minimum atomic E-state index is -3.49. The second-order valence-electron chi connectivity index (χ2n) is 8.39. The second kappa shape index (κ2) is 7.62. The van der Waals surface area contributed by atoms with Gasteiger partial charge in [0.25, 0.3) is 0 Å². The van der Waals surface area contributed by atoms with E-state index in [0.717, 1.165) is 40.8 Å². The van der Waals surface area contributed by atoms with E-state index in [9.17, 15) is 8.42 Å². The Balaban J connectivity index is 1.35. The van der Waals surface area contributed by atoms with Gasteiger partial charge in [0.05, 0.1) is 27.8 Å². The van der Waals surface area contributed by atoms with Crippen LogP contribution in [0.15, 0.2) is 66.0 Å². The van der Waals surface area contributed by atoms with E-state index in [2.05, 4.69) is 20.8 Å². The molecule has 1 fully saturated rings. The number of benzene rings is 1. The number of aryl methyl sites for hydroxylation is 1. The van der Waals surface area contributed by atoms with Crippen molar-refractivity contribution in [1.82, 2.24) is 24.1 Å². The molecule has 0 radical (unpaired) electrons. The Kier molecular flexibility index (Phi) is 4.91. The number of H-pyrrole nitrogens is 1. The fraction of sp³-hybridized carbons (Fsp3) is 0.304. The molecule has 0 saturated carbocycles. The number of hydrogen-bond acceptors (Lipinski definition) is 4. The highest BCUT2D eigenvalue weighted by Gasteiger charge is 2.37. The van der Waals surface area contributed by atoms with Crippen LogP contribution in [0.2, 0.25) is 0 Å². The van der Waals surface area contributed by atoms with Gasteiger partial charge in [-0.05, 0) is 56.5 Å². The summed E-state index contributed by atoms with van der Waals surface area (Å²) in [6.07, 6.45) is 6.46. The van der Waals surface area contributed by atoms with Crippen molar-refractivity contribution in [1.29, 1.82) is 0 Å². The standard InChI is InChI=1S/C23H25N5O2S/c1-16-3-5-20(6-4-16)31(29,30)28-15-18(11-17(28)2)14-27-10-9-22-23(27)8-7-21(26-22)19-12-24-25-13-19/h3-10,12-13,17-18H,11,14-15H2,1-2H3,(H,24,25)/t17-,18?/m0/s1. The molecule has 5 rings (SSSR count). The third-order valence-corrected chi connectivity index (χ3v) is 8.10. The Morgan fingerprint density at radius 3 is 2.68 bits per heavy atom. The van der Waals surface area contributed by atoms with Gasteiger partial charge in [0.1, 0.15) is 0 Å². The van der Waals surface area contributed by atoms with E-state index in [1.54, 1.807) is 22.6 Å². The lowest BCUT2D eigenvalue weighted by Gasteiger charge is -2.21. The van der Waals surface area contributed by atoms with Gasteiger partial charge in [-0.1, -0.05) is 17.7 Å². The van der Waals surface area contributed by atoms with Gasteiger partial charge in [-0.3, -0.25) is 5.10 Å². The van der Waals surface area contributed by atoms with Crippen LogP contribution < -0.4 is 0 Å². The molecule has 7 nitrogen and oxygen atoms in total. The number of pyridine rings is 1. The molecular formula is C23H25N5O2S. The summed E-state index contributed by atoms with van der Waals surface area (Å²) in [6, 6.07) is 13.2.